The van der Waals surface area contributed by atoms with Gasteiger partial charge in [0.1, 0.15) is 17.5 Å². The molecule has 6 nitrogen and oxygen atoms in total. The van der Waals surface area contributed by atoms with Gasteiger partial charge in [-0.1, -0.05) is 35.1 Å². The van der Waals surface area contributed by atoms with Crippen molar-refractivity contribution in [1.82, 2.24) is 15.0 Å². The number of hydrogen-bond donors (Lipinski definition) is 1. The second kappa shape index (κ2) is 8.29. The van der Waals surface area contributed by atoms with Crippen LogP contribution in [-0.2, 0) is 0 Å². The summed E-state index contributed by atoms with van der Waals surface area (Å²) in [6.07, 6.45) is 1.12. The number of hydrogen-bond acceptors (Lipinski definition) is 7. The Kier molecular flexibility index (Phi) is 5.46. The second-order valence-corrected chi connectivity index (χ2v) is 9.19. The van der Waals surface area contributed by atoms with Gasteiger partial charge in [-0.3, -0.25) is 0 Å². The Hall–Kier alpha value is -2.78. The van der Waals surface area contributed by atoms with E-state index >= 15 is 4.39 Å². The molecule has 5 rings (SSSR count). The first-order chi connectivity index (χ1) is 15.5. The van der Waals surface area contributed by atoms with Gasteiger partial charge in [0, 0.05) is 23.1 Å². The van der Waals surface area contributed by atoms with Crippen LogP contribution >= 0.6 is 22.9 Å². The van der Waals surface area contributed by atoms with Crippen LogP contribution < -0.4 is 15.4 Å². The number of aromatic nitrogens is 3. The maximum absolute atomic E-state index is 16.0. The Morgan fingerprint density at radius 1 is 1.22 bits per heavy atom. The number of nitrogens with zero attached hydrogens (tertiary/aromatic N) is 4. The third kappa shape index (κ3) is 3.59. The van der Waals surface area contributed by atoms with E-state index in [-0.39, 0.29) is 28.7 Å². The third-order valence-corrected chi connectivity index (χ3v) is 6.79. The Morgan fingerprint density at radius 2 is 2.06 bits per heavy atom. The number of rotatable bonds is 3. The topological polar surface area (TPSA) is 77.2 Å². The standard InChI is InChI=1S/C22H20ClF2N5OS/c1-31-22-28-19-13(20(29-22)30-8-3-2-5-11(24)10-30)9-14(23)16(17(19)25)12-6-4-7-15-18(12)27-21(26)32-15/h4,6-7,9,11H,2-3,5,8,10H2,1H3,(H2,26,27). The highest BCUT2D eigenvalue weighted by Gasteiger charge is 2.26. The van der Waals surface area contributed by atoms with Crippen LogP contribution in [0.15, 0.2) is 24.3 Å². The van der Waals surface area contributed by atoms with Gasteiger partial charge in [0.2, 0.25) is 0 Å². The number of methoxy groups -OCH3 is 1. The fourth-order valence-corrected chi connectivity index (χ4v) is 5.24. The van der Waals surface area contributed by atoms with Gasteiger partial charge < -0.3 is 15.4 Å². The molecule has 1 aliphatic rings. The highest BCUT2D eigenvalue weighted by atomic mass is 35.5. The van der Waals surface area contributed by atoms with E-state index in [0.29, 0.717) is 40.4 Å². The number of fused-ring (bicyclic) bond motifs is 2. The zero-order chi connectivity index (χ0) is 22.4. The molecular weight excluding hydrogens is 456 g/mol. The van der Waals surface area contributed by atoms with Crippen LogP contribution in [0.4, 0.5) is 19.7 Å². The summed E-state index contributed by atoms with van der Waals surface area (Å²) in [6.45, 7) is 0.780. The van der Waals surface area contributed by atoms with Gasteiger partial charge in [0.05, 0.1) is 28.9 Å². The van der Waals surface area contributed by atoms with Crippen LogP contribution in [0.5, 0.6) is 6.01 Å². The van der Waals surface area contributed by atoms with Gasteiger partial charge in [-0.25, -0.2) is 13.8 Å². The molecule has 10 heteroatoms. The first-order valence-electron chi connectivity index (χ1n) is 10.2. The lowest BCUT2D eigenvalue weighted by Gasteiger charge is -2.24. The molecule has 32 heavy (non-hydrogen) atoms. The lowest BCUT2D eigenvalue weighted by Crippen LogP contribution is -2.30. The quantitative estimate of drug-likeness (QED) is 0.414. The molecule has 0 aliphatic carbocycles. The minimum Gasteiger partial charge on any atom is -0.467 e. The molecule has 1 unspecified atom stereocenters. The van der Waals surface area contributed by atoms with Crippen LogP contribution in [0, 0.1) is 5.82 Å². The monoisotopic (exact) mass is 475 g/mol. The van der Waals surface area contributed by atoms with E-state index in [9.17, 15) is 4.39 Å². The van der Waals surface area contributed by atoms with Gasteiger partial charge in [-0.2, -0.15) is 9.97 Å². The van der Waals surface area contributed by atoms with Gasteiger partial charge >= 0.3 is 6.01 Å². The van der Waals surface area contributed by atoms with Crippen molar-refractivity contribution in [2.45, 2.75) is 25.4 Å². The summed E-state index contributed by atoms with van der Waals surface area (Å²) in [4.78, 5) is 14.9. The van der Waals surface area contributed by atoms with Gasteiger partial charge in [0.15, 0.2) is 10.9 Å². The minimum atomic E-state index is -0.985. The highest BCUT2D eigenvalue weighted by Crippen LogP contribution is 2.42. The van der Waals surface area contributed by atoms with E-state index in [1.165, 1.54) is 18.4 Å². The molecule has 3 heterocycles. The van der Waals surface area contributed by atoms with Crippen molar-refractivity contribution in [3.63, 3.8) is 0 Å². The number of nitrogens with two attached hydrogens (primary N) is 1. The molecule has 1 atom stereocenters. The first kappa shape index (κ1) is 21.1. The fraction of sp³-hybridized carbons (Fsp3) is 0.318. The predicted octanol–water partition coefficient (Wildman–Crippen LogP) is 5.62. The average molecular weight is 476 g/mol. The highest BCUT2D eigenvalue weighted by molar-refractivity contribution is 7.22. The van der Waals surface area contributed by atoms with Crippen LogP contribution in [0.3, 0.4) is 0 Å². The molecular formula is C22H20ClF2N5OS. The van der Waals surface area contributed by atoms with Crippen molar-refractivity contribution in [2.24, 2.45) is 0 Å². The molecule has 0 saturated carbocycles. The molecule has 0 amide bonds. The SMILES string of the molecule is COc1nc(N2CCCCC(F)C2)c2cc(Cl)c(-c3cccc4sc(N)nc34)c(F)c2n1. The summed E-state index contributed by atoms with van der Waals surface area (Å²) < 4.78 is 36.4. The van der Waals surface area contributed by atoms with Crippen molar-refractivity contribution < 1.29 is 13.5 Å². The van der Waals surface area contributed by atoms with E-state index in [1.807, 2.05) is 11.0 Å². The summed E-state index contributed by atoms with van der Waals surface area (Å²) in [6, 6.07) is 7.07. The van der Waals surface area contributed by atoms with E-state index in [2.05, 4.69) is 15.0 Å². The number of ether oxygens (including phenoxy) is 1. The predicted molar refractivity (Wildman–Crippen MR) is 125 cm³/mol. The summed E-state index contributed by atoms with van der Waals surface area (Å²) in [5.74, 6) is -0.194. The van der Waals surface area contributed by atoms with Crippen LogP contribution in [-0.4, -0.2) is 41.3 Å². The Balaban J connectivity index is 1.76. The van der Waals surface area contributed by atoms with Gasteiger partial charge in [-0.15, -0.1) is 0 Å². The Labute approximate surface area is 192 Å². The molecule has 0 bridgehead atoms. The number of para-hydroxylation sites is 1. The summed E-state index contributed by atoms with van der Waals surface area (Å²) in [7, 11) is 1.42. The van der Waals surface area contributed by atoms with Crippen LogP contribution in [0.25, 0.3) is 32.2 Å². The molecule has 1 fully saturated rings. The van der Waals surface area contributed by atoms with Gasteiger partial charge in [-0.05, 0) is 31.4 Å². The zero-order valence-electron chi connectivity index (χ0n) is 17.2. The van der Waals surface area contributed by atoms with E-state index in [1.54, 1.807) is 18.2 Å². The minimum absolute atomic E-state index is 0.00967. The summed E-state index contributed by atoms with van der Waals surface area (Å²) >= 11 is 7.94. The number of halogens is 3. The number of anilines is 2. The molecule has 1 aliphatic heterocycles. The van der Waals surface area contributed by atoms with Crippen LogP contribution in [0.1, 0.15) is 19.3 Å². The Bertz CT molecular complexity index is 1330. The molecule has 4 aromatic rings. The van der Waals surface area contributed by atoms with E-state index < -0.39 is 12.0 Å². The van der Waals surface area contributed by atoms with Gasteiger partial charge in [0.25, 0.3) is 0 Å². The number of alkyl halides is 1. The molecule has 2 aromatic carbocycles. The maximum Gasteiger partial charge on any atom is 0.318 e. The van der Waals surface area contributed by atoms with Crippen LogP contribution in [0.2, 0.25) is 5.02 Å². The average Bonchev–Trinajstić information content (AvgIpc) is 3.02. The molecule has 0 spiro atoms. The largest absolute Gasteiger partial charge is 0.467 e. The van der Waals surface area contributed by atoms with Crippen molar-refractivity contribution in [2.75, 3.05) is 30.8 Å². The molecule has 0 radical (unpaired) electrons. The molecule has 166 valence electrons. The second-order valence-electron chi connectivity index (χ2n) is 7.72. The number of nitrogen functional groups attached to an aromatic ring is 1. The first-order valence-corrected chi connectivity index (χ1v) is 11.4. The molecule has 1 saturated heterocycles. The fourth-order valence-electron chi connectivity index (χ4n) is 4.19. The van der Waals surface area contributed by atoms with Crippen molar-refractivity contribution in [1.29, 1.82) is 0 Å². The van der Waals surface area contributed by atoms with Crippen molar-refractivity contribution in [3.8, 4) is 17.1 Å². The molecule has 2 aromatic heterocycles. The lowest BCUT2D eigenvalue weighted by atomic mass is 10.0. The van der Waals surface area contributed by atoms with Crippen molar-refractivity contribution in [3.05, 3.63) is 35.1 Å². The summed E-state index contributed by atoms with van der Waals surface area (Å²) in [5, 5.41) is 0.991. The van der Waals surface area contributed by atoms with Crippen molar-refractivity contribution >= 4 is 55.0 Å². The number of benzene rings is 2. The maximum atomic E-state index is 16.0. The smallest absolute Gasteiger partial charge is 0.318 e. The zero-order valence-corrected chi connectivity index (χ0v) is 18.8. The molecule has 2 N–H and O–H groups in total. The third-order valence-electron chi connectivity index (χ3n) is 5.64. The Morgan fingerprint density at radius 3 is 2.88 bits per heavy atom. The summed E-state index contributed by atoms with van der Waals surface area (Å²) in [5.41, 5.74) is 7.22. The van der Waals surface area contributed by atoms with E-state index in [0.717, 1.165) is 17.5 Å². The van der Waals surface area contributed by atoms with E-state index in [4.69, 9.17) is 22.1 Å². The normalized spacial score (nSPS) is 17.1. The number of thiazole rings is 1. The lowest BCUT2D eigenvalue weighted by molar-refractivity contribution is 0.323.